The van der Waals surface area contributed by atoms with Gasteiger partial charge < -0.3 is 15.3 Å². The summed E-state index contributed by atoms with van der Waals surface area (Å²) in [6.45, 7) is 4.78. The van der Waals surface area contributed by atoms with Crippen molar-refractivity contribution in [2.75, 3.05) is 31.5 Å². The fourth-order valence-corrected chi connectivity index (χ4v) is 17.6. The zero-order chi connectivity index (χ0) is 92.7. The SMILES string of the molecule is Cc1cc(C(=O)O)cc(N2C(=O)c3ccc(C(c4ccc5c(c4)C(=O)N(c4c(C)cc(C)c(N6C(=O)c7ccc(C(c8ccc9c(c8)C(=O)N(c8ccc(-c%10ccc(N%11C(=O)c%12ccc(C(c%13ccc%14c(c%13)C(=O)N(C)C%14=O)(C(F)(F)F)C(F)(F)F)cc%12C%11=O)c(O)c%10)cc8O)C9=O)(C(F)(F)F)C(F)(F)F)cc7C6=O)c4C)C5=O)(C(F)(F)F)C(F)(F)F)cc3C2=O)c1. The molecule has 10 aromatic rings. The molecule has 0 saturated carbocycles. The Morgan fingerprint density at radius 3 is 0.803 bits per heavy atom. The van der Waals surface area contributed by atoms with Crippen molar-refractivity contribution in [1.82, 2.24) is 4.90 Å². The lowest BCUT2D eigenvalue weighted by Gasteiger charge is -2.38. The summed E-state index contributed by atoms with van der Waals surface area (Å²) in [5, 5.41) is 32.5. The van der Waals surface area contributed by atoms with Gasteiger partial charge in [0, 0.05) is 7.05 Å². The number of halogens is 18. The Balaban J connectivity index is 0.671. The van der Waals surface area contributed by atoms with Gasteiger partial charge in [-0.15, -0.1) is 0 Å². The standard InChI is InChI=1S/C87H46F18N6O16/c1-34-22-40(78(126)127)25-47(23-34)107-68(116)49-15-9-42(29-55(49)73(107)121)80(84(94,95)96,85(97,98)99)45-12-18-52-58(32-45)76(124)110(71(52)119)64-35(2)24-36(3)65(37(64)4)111-72(120)53-19-13-46(33-59(53)77(111)125)81(86(100,101)102,87(103,104)105)44-11-17-51-57(31-44)75(123)109(70(51)118)61-21-7-39(27-63(61)113)38-6-20-60(62(112)26-38)108-69(117)50-16-10-43(30-56(50)74(108)122)79(82(88,89)90,83(91,92)93)41-8-14-48-54(28-41)67(115)106(5)66(48)114/h6-33,112-113H,1-5H3,(H,126,127). The van der Waals surface area contributed by atoms with Crippen LogP contribution < -0.4 is 24.5 Å². The van der Waals surface area contributed by atoms with Crippen LogP contribution in [0.15, 0.2) is 170 Å². The molecule has 40 heteroatoms. The third kappa shape index (κ3) is 11.7. The summed E-state index contributed by atoms with van der Waals surface area (Å²) in [5.41, 5.74) is -41.7. The molecular weight excluding hydrogens is 1730 g/mol. The minimum absolute atomic E-state index is 0.0430. The van der Waals surface area contributed by atoms with Crippen LogP contribution in [0.1, 0.15) is 190 Å². The van der Waals surface area contributed by atoms with Crippen LogP contribution in [0.2, 0.25) is 0 Å². The van der Waals surface area contributed by atoms with Crippen molar-refractivity contribution in [3.05, 3.63) is 298 Å². The van der Waals surface area contributed by atoms with Gasteiger partial charge in [0.05, 0.1) is 101 Å². The largest absolute Gasteiger partial charge is 0.506 e. The molecule has 6 heterocycles. The van der Waals surface area contributed by atoms with Crippen molar-refractivity contribution in [3.63, 3.8) is 0 Å². The molecule has 10 aromatic carbocycles. The number of aromatic carboxylic acids is 1. The molecule has 16 rings (SSSR count). The first-order valence-electron chi connectivity index (χ1n) is 36.7. The van der Waals surface area contributed by atoms with Crippen molar-refractivity contribution in [3.8, 4) is 22.6 Å². The molecule has 127 heavy (non-hydrogen) atoms. The van der Waals surface area contributed by atoms with Crippen LogP contribution in [0.5, 0.6) is 11.5 Å². The second-order valence-corrected chi connectivity index (χ2v) is 30.3. The number of rotatable bonds is 13. The Kier molecular flexibility index (Phi) is 18.6. The maximum Gasteiger partial charge on any atom is 0.411 e. The van der Waals surface area contributed by atoms with E-state index in [9.17, 15) is 77.6 Å². The Morgan fingerprint density at radius 2 is 0.520 bits per heavy atom. The number of anilines is 5. The second kappa shape index (κ2) is 27.7. The van der Waals surface area contributed by atoms with E-state index in [-0.39, 0.29) is 114 Å². The van der Waals surface area contributed by atoms with Crippen molar-refractivity contribution in [2.24, 2.45) is 0 Å². The normalized spacial score (nSPS) is 15.7. The first-order chi connectivity index (χ1) is 59.0. The van der Waals surface area contributed by atoms with Gasteiger partial charge in [-0.1, -0.05) is 54.6 Å². The van der Waals surface area contributed by atoms with Gasteiger partial charge in [-0.3, -0.25) is 62.4 Å². The topological polar surface area (TPSA) is 302 Å². The van der Waals surface area contributed by atoms with Gasteiger partial charge in [0.25, 0.3) is 70.9 Å². The molecule has 0 radical (unpaired) electrons. The highest BCUT2D eigenvalue weighted by Gasteiger charge is 2.76. The second-order valence-electron chi connectivity index (χ2n) is 30.3. The Labute approximate surface area is 697 Å². The van der Waals surface area contributed by atoms with E-state index in [0.717, 1.165) is 74.6 Å². The Morgan fingerprint density at radius 1 is 0.276 bits per heavy atom. The minimum atomic E-state index is -6.58. The maximum atomic E-state index is 16.2. The number of phenols is 2. The highest BCUT2D eigenvalue weighted by molar-refractivity contribution is 6.39. The molecule has 0 spiro atoms. The molecule has 0 bridgehead atoms. The molecule has 12 amide bonds. The molecule has 0 fully saturated rings. The quantitative estimate of drug-likeness (QED) is 0.0714. The molecular formula is C87H46F18N6O16. The molecule has 6 aliphatic heterocycles. The first kappa shape index (κ1) is 85.4. The highest BCUT2D eigenvalue weighted by Crippen LogP contribution is 2.62. The number of hydrogen-bond acceptors (Lipinski definition) is 15. The zero-order valence-corrected chi connectivity index (χ0v) is 64.3. The lowest BCUT2D eigenvalue weighted by atomic mass is 9.71. The summed E-state index contributed by atoms with van der Waals surface area (Å²) in [5.74, 6) is -21.0. The smallest absolute Gasteiger partial charge is 0.411 e. The van der Waals surface area contributed by atoms with E-state index in [0.29, 0.717) is 52.3 Å². The summed E-state index contributed by atoms with van der Waals surface area (Å²) in [4.78, 5) is 182. The third-order valence-electron chi connectivity index (χ3n) is 23.3. The average Bonchev–Trinajstić information content (AvgIpc) is 1.69. The fourth-order valence-electron chi connectivity index (χ4n) is 17.6. The van der Waals surface area contributed by atoms with E-state index in [1.165, 1.54) is 20.8 Å². The van der Waals surface area contributed by atoms with E-state index < -0.39 is 281 Å². The van der Waals surface area contributed by atoms with Gasteiger partial charge in [0.1, 0.15) is 11.5 Å². The number of phenolic OH excluding ortho intramolecular Hbond substituents is 2. The lowest BCUT2D eigenvalue weighted by molar-refractivity contribution is -0.290. The number of carboxylic acid groups (broad SMARTS) is 1. The molecule has 0 atom stereocenters. The number of amides is 12. The van der Waals surface area contributed by atoms with Crippen LogP contribution in [-0.4, -0.2) is 141 Å². The molecule has 0 unspecified atom stereocenters. The average molecular weight is 1770 g/mol. The molecule has 3 N–H and O–H groups in total. The van der Waals surface area contributed by atoms with Gasteiger partial charge in [-0.25, -0.2) is 29.3 Å². The van der Waals surface area contributed by atoms with Crippen LogP contribution in [0.3, 0.4) is 0 Å². The Hall–Kier alpha value is -15.2. The van der Waals surface area contributed by atoms with E-state index in [2.05, 4.69) is 0 Å². The minimum Gasteiger partial charge on any atom is -0.506 e. The number of aryl methyl sites for hydroxylation is 3. The summed E-state index contributed by atoms with van der Waals surface area (Å²) in [6, 6.07) is 14.3. The first-order valence-corrected chi connectivity index (χ1v) is 36.7. The number of hydrogen-bond donors (Lipinski definition) is 3. The molecule has 646 valence electrons. The molecule has 0 aliphatic carbocycles. The molecule has 0 saturated heterocycles. The van der Waals surface area contributed by atoms with Crippen LogP contribution in [0.25, 0.3) is 11.1 Å². The summed E-state index contributed by atoms with van der Waals surface area (Å²) in [7, 11) is 0.929. The molecule has 0 aromatic heterocycles. The summed E-state index contributed by atoms with van der Waals surface area (Å²) < 4.78 is 285. The van der Waals surface area contributed by atoms with E-state index in [1.54, 1.807) is 0 Å². The molecule has 6 aliphatic rings. The van der Waals surface area contributed by atoms with Gasteiger partial charge >= 0.3 is 43.0 Å². The Bertz CT molecular complexity index is 6820. The highest BCUT2D eigenvalue weighted by atomic mass is 19.4. The van der Waals surface area contributed by atoms with Crippen LogP contribution >= 0.6 is 0 Å². The number of fused-ring (bicyclic) bond motifs is 6. The van der Waals surface area contributed by atoms with Gasteiger partial charge in [-0.05, 0) is 210 Å². The van der Waals surface area contributed by atoms with Crippen molar-refractivity contribution < 1.29 is 157 Å². The fraction of sp³-hybridized carbons (Fsp3) is 0.161. The van der Waals surface area contributed by atoms with E-state index in [1.807, 2.05) is 0 Å². The number of benzene rings is 10. The number of imide groups is 6. The summed E-state index contributed by atoms with van der Waals surface area (Å²) in [6.07, 6.45) is -38.8. The number of nitrogens with zero attached hydrogens (tertiary/aromatic N) is 6. The van der Waals surface area contributed by atoms with Crippen molar-refractivity contribution in [1.29, 1.82) is 0 Å². The number of carboxylic acids is 1. The third-order valence-corrected chi connectivity index (χ3v) is 23.3. The van der Waals surface area contributed by atoms with Crippen LogP contribution in [0.4, 0.5) is 107 Å². The van der Waals surface area contributed by atoms with Crippen molar-refractivity contribution in [2.45, 2.75) is 81.0 Å². The predicted molar refractivity (Wildman–Crippen MR) is 403 cm³/mol. The predicted octanol–water partition coefficient (Wildman–Crippen LogP) is 17.2. The van der Waals surface area contributed by atoms with E-state index in [4.69, 9.17) is 0 Å². The summed E-state index contributed by atoms with van der Waals surface area (Å²) >= 11 is 0. The monoisotopic (exact) mass is 1770 g/mol. The maximum absolute atomic E-state index is 16.2. The van der Waals surface area contributed by atoms with E-state index >= 15 is 79.0 Å². The van der Waals surface area contributed by atoms with Crippen molar-refractivity contribution >= 4 is 105 Å². The van der Waals surface area contributed by atoms with Crippen LogP contribution in [-0.2, 0) is 16.2 Å². The van der Waals surface area contributed by atoms with Gasteiger partial charge in [0.2, 0.25) is 16.2 Å². The number of carbonyl (C=O) groups is 13. The van der Waals surface area contributed by atoms with Gasteiger partial charge in [-0.2, -0.15) is 79.0 Å². The number of alkyl halides is 18. The molecule has 22 nitrogen and oxygen atoms in total. The lowest BCUT2D eigenvalue weighted by Crippen LogP contribution is -2.55. The van der Waals surface area contributed by atoms with Gasteiger partial charge in [0.15, 0.2) is 0 Å². The number of carbonyl (C=O) groups excluding carboxylic acids is 12. The number of aromatic hydroxyl groups is 2. The zero-order valence-electron chi connectivity index (χ0n) is 64.3. The van der Waals surface area contributed by atoms with Crippen LogP contribution in [0, 0.1) is 27.7 Å².